The van der Waals surface area contributed by atoms with E-state index in [0.717, 1.165) is 41.1 Å². The number of H-pyrrole nitrogens is 2. The molecule has 0 radical (unpaired) electrons. The molecule has 3 atom stereocenters. The highest BCUT2D eigenvalue weighted by Crippen LogP contribution is 2.35. The zero-order chi connectivity index (χ0) is 44.7. The number of hydrogen-bond donors (Lipinski definition) is 5. The van der Waals surface area contributed by atoms with Crippen molar-refractivity contribution in [2.24, 2.45) is 0 Å². The van der Waals surface area contributed by atoms with E-state index in [2.05, 4.69) is 35.9 Å². The fourth-order valence-electron chi connectivity index (χ4n) is 8.19. The van der Waals surface area contributed by atoms with Crippen LogP contribution in [0.25, 0.3) is 44.5 Å². The third-order valence-electron chi connectivity index (χ3n) is 11.5. The summed E-state index contributed by atoms with van der Waals surface area (Å²) < 4.78 is 15.9. The number of aromatic nitrogens is 4. The molecule has 4 aromatic carbocycles. The van der Waals surface area contributed by atoms with E-state index in [1.54, 1.807) is 65.8 Å². The SMILES string of the molecule is COC(=O)NC(C(=O)NCCCCc1ncc(-c2cc3oc4ccc(-c5cnc(C6CCCN6C(=O)C(NC(=O)OC)c6ccccc6)[nH]5)cc4c(=O)c3cc2C)[nH]1)c1ccccc1. The summed E-state index contributed by atoms with van der Waals surface area (Å²) in [6.07, 6.45) is 5.59. The van der Waals surface area contributed by atoms with E-state index in [9.17, 15) is 24.0 Å². The van der Waals surface area contributed by atoms with Crippen molar-refractivity contribution in [3.05, 3.63) is 142 Å². The summed E-state index contributed by atoms with van der Waals surface area (Å²) in [6.45, 7) is 2.85. The Morgan fingerprint density at radius 3 is 2.19 bits per heavy atom. The molecule has 0 spiro atoms. The molecular formula is C48H48N8O8. The number of rotatable bonds is 14. The number of fused-ring (bicyclic) bond motifs is 2. The smallest absolute Gasteiger partial charge is 0.407 e. The first kappa shape index (κ1) is 42.9. The van der Waals surface area contributed by atoms with Gasteiger partial charge in [0.25, 0.3) is 5.91 Å². The number of alkyl carbamates (subject to hydrolysis) is 2. The highest BCUT2D eigenvalue weighted by molar-refractivity contribution is 5.94. The molecule has 1 fully saturated rings. The third-order valence-corrected chi connectivity index (χ3v) is 11.5. The molecule has 1 saturated heterocycles. The number of nitrogens with one attached hydrogen (secondary N) is 5. The lowest BCUT2D eigenvalue weighted by atomic mass is 10.0. The standard InChI is InChI=1S/C48H48N8O8/c1-28-23-33-39(25-32(28)36-27-50-40(52-36)18-10-11-21-49-45(58)41(54-47(60)62-2)29-13-6-4-7-14-29)64-38-20-19-31(24-34(38)43(33)57)35-26-51-44(53-35)37-17-12-22-56(37)46(59)42(55-48(61)63-3)30-15-8-5-9-16-30/h4-9,13-16,19-20,23-27,37,41-42H,10-12,17-18,21-22H2,1-3H3,(H,49,58)(H,50,52)(H,51,53)(H,54,60)(H,55,61). The van der Waals surface area contributed by atoms with Gasteiger partial charge in [-0.25, -0.2) is 19.6 Å². The van der Waals surface area contributed by atoms with Crippen LogP contribution in [0.15, 0.2) is 113 Å². The molecule has 0 saturated carbocycles. The minimum Gasteiger partial charge on any atom is -0.456 e. The second-order valence-electron chi connectivity index (χ2n) is 15.6. The van der Waals surface area contributed by atoms with E-state index >= 15 is 0 Å². The largest absolute Gasteiger partial charge is 0.456 e. The predicted octanol–water partition coefficient (Wildman–Crippen LogP) is 7.33. The van der Waals surface area contributed by atoms with Crippen LogP contribution < -0.4 is 21.4 Å². The fraction of sp³-hybridized carbons (Fsp3) is 0.271. The molecule has 1 aliphatic rings. The number of ether oxygens (including phenoxy) is 2. The number of methoxy groups -OCH3 is 2. The van der Waals surface area contributed by atoms with E-state index in [1.807, 2.05) is 49.4 Å². The summed E-state index contributed by atoms with van der Waals surface area (Å²) in [5.74, 6) is 0.794. The summed E-state index contributed by atoms with van der Waals surface area (Å²) in [4.78, 5) is 82.9. The number of imidazole rings is 2. The van der Waals surface area contributed by atoms with Gasteiger partial charge in [0.05, 0.1) is 54.8 Å². The first-order valence-corrected chi connectivity index (χ1v) is 21.1. The van der Waals surface area contributed by atoms with Crippen LogP contribution in [0, 0.1) is 6.92 Å². The van der Waals surface area contributed by atoms with Crippen molar-refractivity contribution in [1.82, 2.24) is 40.8 Å². The normalized spacial score (nSPS) is 14.5. The number of likely N-dealkylation sites (tertiary alicyclic amines) is 1. The monoisotopic (exact) mass is 864 g/mol. The molecule has 328 valence electrons. The summed E-state index contributed by atoms with van der Waals surface area (Å²) in [5.41, 5.74) is 5.91. The van der Waals surface area contributed by atoms with E-state index in [1.165, 1.54) is 14.2 Å². The second kappa shape index (κ2) is 19.1. The maximum Gasteiger partial charge on any atom is 0.407 e. The van der Waals surface area contributed by atoms with Gasteiger partial charge in [0, 0.05) is 30.6 Å². The first-order valence-electron chi connectivity index (χ1n) is 21.1. The Morgan fingerprint density at radius 1 is 0.797 bits per heavy atom. The number of benzene rings is 4. The van der Waals surface area contributed by atoms with Gasteiger partial charge in [0.2, 0.25) is 11.3 Å². The molecule has 7 aromatic rings. The first-order chi connectivity index (χ1) is 31.1. The zero-order valence-corrected chi connectivity index (χ0v) is 35.6. The maximum atomic E-state index is 14.0. The van der Waals surface area contributed by atoms with Crippen LogP contribution in [0.2, 0.25) is 0 Å². The number of carbonyl (C=O) groups is 4. The molecule has 8 rings (SSSR count). The number of carbonyl (C=O) groups excluding carboxylic acids is 4. The van der Waals surface area contributed by atoms with Crippen molar-refractivity contribution in [3.63, 3.8) is 0 Å². The van der Waals surface area contributed by atoms with Crippen LogP contribution in [0.3, 0.4) is 0 Å². The summed E-state index contributed by atoms with van der Waals surface area (Å²) in [5, 5.41) is 9.05. The number of amides is 4. The van der Waals surface area contributed by atoms with Gasteiger partial charge in [-0.15, -0.1) is 0 Å². The van der Waals surface area contributed by atoms with Crippen LogP contribution in [0.5, 0.6) is 0 Å². The third kappa shape index (κ3) is 9.21. The second-order valence-corrected chi connectivity index (χ2v) is 15.6. The quantitative estimate of drug-likeness (QED) is 0.0542. The summed E-state index contributed by atoms with van der Waals surface area (Å²) >= 11 is 0. The molecule has 1 aliphatic heterocycles. The molecule has 0 bridgehead atoms. The summed E-state index contributed by atoms with van der Waals surface area (Å²) in [7, 11) is 2.51. The van der Waals surface area contributed by atoms with E-state index < -0.39 is 24.3 Å². The zero-order valence-electron chi connectivity index (χ0n) is 35.6. The Labute approximate surface area is 367 Å². The summed E-state index contributed by atoms with van der Waals surface area (Å²) in [6, 6.07) is 25.0. The van der Waals surface area contributed by atoms with Crippen LogP contribution in [0.4, 0.5) is 9.59 Å². The van der Waals surface area contributed by atoms with Crippen molar-refractivity contribution < 1.29 is 33.1 Å². The van der Waals surface area contributed by atoms with Gasteiger partial charge in [0.1, 0.15) is 34.9 Å². The number of unbranched alkanes of at least 4 members (excludes halogenated alkanes) is 1. The molecular weight excluding hydrogens is 817 g/mol. The Kier molecular flexibility index (Phi) is 12.8. The Morgan fingerprint density at radius 2 is 1.47 bits per heavy atom. The van der Waals surface area contributed by atoms with E-state index in [-0.39, 0.29) is 23.3 Å². The van der Waals surface area contributed by atoms with Crippen molar-refractivity contribution in [2.45, 2.75) is 57.2 Å². The molecule has 4 heterocycles. The fourth-order valence-corrected chi connectivity index (χ4v) is 8.19. The molecule has 3 aromatic heterocycles. The van der Waals surface area contributed by atoms with Gasteiger partial charge in [-0.3, -0.25) is 14.4 Å². The molecule has 64 heavy (non-hydrogen) atoms. The molecule has 0 aliphatic carbocycles. The molecule has 16 heteroatoms. The van der Waals surface area contributed by atoms with Crippen LogP contribution >= 0.6 is 0 Å². The average molecular weight is 865 g/mol. The van der Waals surface area contributed by atoms with Crippen molar-refractivity contribution in [2.75, 3.05) is 27.3 Å². The van der Waals surface area contributed by atoms with Crippen LogP contribution in [0.1, 0.15) is 72.1 Å². The Hall–Kier alpha value is -7.75. The minimum atomic E-state index is -0.931. The number of hydrogen-bond acceptors (Lipinski definition) is 10. The highest BCUT2D eigenvalue weighted by Gasteiger charge is 2.37. The topological polar surface area (TPSA) is 214 Å². The lowest BCUT2D eigenvalue weighted by Crippen LogP contribution is -2.42. The van der Waals surface area contributed by atoms with E-state index in [4.69, 9.17) is 13.9 Å². The van der Waals surface area contributed by atoms with E-state index in [0.29, 0.717) is 76.9 Å². The lowest BCUT2D eigenvalue weighted by molar-refractivity contribution is -0.134. The average Bonchev–Trinajstić information content (AvgIpc) is 4.12. The predicted molar refractivity (Wildman–Crippen MR) is 239 cm³/mol. The van der Waals surface area contributed by atoms with Crippen molar-refractivity contribution in [1.29, 1.82) is 0 Å². The number of aromatic amines is 2. The van der Waals surface area contributed by atoms with Crippen LogP contribution in [-0.4, -0.2) is 76.1 Å². The Balaban J connectivity index is 0.932. The maximum absolute atomic E-state index is 14.0. The van der Waals surface area contributed by atoms with Gasteiger partial charge >= 0.3 is 12.2 Å². The number of aryl methyl sites for hydroxylation is 2. The van der Waals surface area contributed by atoms with Crippen molar-refractivity contribution in [3.8, 4) is 22.5 Å². The van der Waals surface area contributed by atoms with Gasteiger partial charge in [-0.05, 0) is 79.6 Å². The van der Waals surface area contributed by atoms with Gasteiger partial charge in [-0.2, -0.15) is 0 Å². The number of nitrogens with zero attached hydrogens (tertiary/aromatic N) is 3. The molecule has 4 amide bonds. The molecule has 3 unspecified atom stereocenters. The highest BCUT2D eigenvalue weighted by atomic mass is 16.5. The van der Waals surface area contributed by atoms with Crippen molar-refractivity contribution >= 4 is 45.9 Å². The molecule has 16 nitrogen and oxygen atoms in total. The van der Waals surface area contributed by atoms with Gasteiger partial charge in [0.15, 0.2) is 0 Å². The van der Waals surface area contributed by atoms with Crippen LogP contribution in [-0.2, 0) is 25.5 Å². The Bertz CT molecular complexity index is 2870. The molecule has 5 N–H and O–H groups in total. The minimum absolute atomic E-state index is 0.168. The van der Waals surface area contributed by atoms with Gasteiger partial charge < -0.3 is 44.7 Å². The lowest BCUT2D eigenvalue weighted by Gasteiger charge is -2.28. The van der Waals surface area contributed by atoms with Gasteiger partial charge in [-0.1, -0.05) is 60.7 Å².